The maximum absolute atomic E-state index is 11.7. The van der Waals surface area contributed by atoms with E-state index in [0.717, 1.165) is 6.42 Å². The van der Waals surface area contributed by atoms with Gasteiger partial charge in [-0.05, 0) is 18.8 Å². The molecule has 2 heteroatoms. The van der Waals surface area contributed by atoms with Gasteiger partial charge in [-0.25, -0.2) is 0 Å². The van der Waals surface area contributed by atoms with Gasteiger partial charge in [-0.15, -0.1) is 0 Å². The van der Waals surface area contributed by atoms with E-state index in [1.165, 1.54) is 0 Å². The van der Waals surface area contributed by atoms with E-state index in [1.54, 1.807) is 0 Å². The first kappa shape index (κ1) is 13.5. The predicted molar refractivity (Wildman–Crippen MR) is 61.1 cm³/mol. The Morgan fingerprint density at radius 3 is 2.07 bits per heavy atom. The highest BCUT2D eigenvalue weighted by atomic mass is 16.2. The average Bonchev–Trinajstić information content (AvgIpc) is 2.13. The molecule has 0 saturated carbocycles. The van der Waals surface area contributed by atoms with E-state index in [1.807, 2.05) is 11.9 Å². The molecule has 0 aromatic carbocycles. The fourth-order valence-electron chi connectivity index (χ4n) is 1.44. The lowest BCUT2D eigenvalue weighted by atomic mass is 9.99. The molecule has 0 aliphatic carbocycles. The minimum absolute atomic E-state index is 0.271. The van der Waals surface area contributed by atoms with Crippen LogP contribution in [0.25, 0.3) is 0 Å². The predicted octanol–water partition coefficient (Wildman–Crippen LogP) is 2.93. The normalized spacial score (nSPS) is 15.4. The summed E-state index contributed by atoms with van der Waals surface area (Å²) in [4.78, 5) is 13.6. The highest BCUT2D eigenvalue weighted by Gasteiger charge is 2.20. The van der Waals surface area contributed by atoms with Gasteiger partial charge in [0.25, 0.3) is 0 Å². The molecule has 0 fully saturated rings. The third-order valence-corrected chi connectivity index (χ3v) is 3.05. The molecule has 0 bridgehead atoms. The molecule has 0 aliphatic rings. The summed E-state index contributed by atoms with van der Waals surface area (Å²) in [5.74, 6) is 1.30. The highest BCUT2D eigenvalue weighted by molar-refractivity contribution is 5.76. The fraction of sp³-hybridized carbons (Fsp3) is 0.917. The number of hydrogen-bond donors (Lipinski definition) is 0. The maximum atomic E-state index is 11.7. The van der Waals surface area contributed by atoms with Crippen molar-refractivity contribution in [2.24, 2.45) is 11.8 Å². The molecule has 1 amide bonds. The molecule has 0 radical (unpaired) electrons. The standard InChI is InChI=1S/C12H25NO/c1-7-10(4)11(5)13(6)12(14)8-9(2)3/h9-11H,7-8H2,1-6H3/t10-,11+/m0/s1. The number of nitrogens with zero attached hydrogens (tertiary/aromatic N) is 1. The topological polar surface area (TPSA) is 20.3 Å². The third-order valence-electron chi connectivity index (χ3n) is 3.05. The van der Waals surface area contributed by atoms with Crippen LogP contribution in [0.15, 0.2) is 0 Å². The number of carbonyl (C=O) groups excluding carboxylic acids is 1. The second-order valence-electron chi connectivity index (χ2n) is 4.73. The Morgan fingerprint density at radius 2 is 1.71 bits per heavy atom. The second kappa shape index (κ2) is 6.05. The first-order chi connectivity index (χ1) is 6.40. The minimum Gasteiger partial charge on any atom is -0.343 e. The minimum atomic E-state index is 0.271. The average molecular weight is 199 g/mol. The Labute approximate surface area is 88.7 Å². The van der Waals surface area contributed by atoms with E-state index >= 15 is 0 Å². The lowest BCUT2D eigenvalue weighted by Gasteiger charge is -2.30. The largest absolute Gasteiger partial charge is 0.343 e. The molecular formula is C12H25NO. The van der Waals surface area contributed by atoms with E-state index in [-0.39, 0.29) is 5.91 Å². The SMILES string of the molecule is CC[C@H](C)[C@@H](C)N(C)C(=O)CC(C)C. The summed E-state index contributed by atoms with van der Waals surface area (Å²) in [6.45, 7) is 10.7. The zero-order valence-corrected chi connectivity index (χ0v) is 10.5. The van der Waals surface area contributed by atoms with Crippen molar-refractivity contribution in [1.82, 2.24) is 4.90 Å². The van der Waals surface area contributed by atoms with Gasteiger partial charge in [0.2, 0.25) is 5.91 Å². The Morgan fingerprint density at radius 1 is 1.21 bits per heavy atom. The van der Waals surface area contributed by atoms with Crippen LogP contribution in [0, 0.1) is 11.8 Å². The molecule has 84 valence electrons. The van der Waals surface area contributed by atoms with Gasteiger partial charge in [0.15, 0.2) is 0 Å². The van der Waals surface area contributed by atoms with Crippen LogP contribution in [0.5, 0.6) is 0 Å². The molecule has 0 aromatic rings. The summed E-state index contributed by atoms with van der Waals surface area (Å²) in [6, 6.07) is 0.353. The molecule has 0 saturated heterocycles. The van der Waals surface area contributed by atoms with Crippen LogP contribution in [0.4, 0.5) is 0 Å². The summed E-state index contributed by atoms with van der Waals surface area (Å²) in [5, 5.41) is 0. The van der Waals surface area contributed by atoms with Gasteiger partial charge in [0.05, 0.1) is 0 Å². The first-order valence-electron chi connectivity index (χ1n) is 5.65. The van der Waals surface area contributed by atoms with Crippen molar-refractivity contribution in [3.8, 4) is 0 Å². The lowest BCUT2D eigenvalue weighted by Crippen LogP contribution is -2.39. The van der Waals surface area contributed by atoms with Gasteiger partial charge < -0.3 is 4.90 Å². The van der Waals surface area contributed by atoms with E-state index in [4.69, 9.17) is 0 Å². The molecule has 0 heterocycles. The first-order valence-corrected chi connectivity index (χ1v) is 5.65. The zero-order chi connectivity index (χ0) is 11.3. The van der Waals surface area contributed by atoms with Crippen molar-refractivity contribution < 1.29 is 4.79 Å². The molecule has 0 unspecified atom stereocenters. The summed E-state index contributed by atoms with van der Waals surface area (Å²) in [6.07, 6.45) is 1.79. The highest BCUT2D eigenvalue weighted by Crippen LogP contribution is 2.14. The second-order valence-corrected chi connectivity index (χ2v) is 4.73. The van der Waals surface area contributed by atoms with Gasteiger partial charge in [-0.1, -0.05) is 34.1 Å². The van der Waals surface area contributed by atoms with E-state index in [0.29, 0.717) is 24.3 Å². The zero-order valence-electron chi connectivity index (χ0n) is 10.5. The molecule has 14 heavy (non-hydrogen) atoms. The van der Waals surface area contributed by atoms with Crippen molar-refractivity contribution in [2.75, 3.05) is 7.05 Å². The molecule has 0 rings (SSSR count). The van der Waals surface area contributed by atoms with Gasteiger partial charge in [-0.3, -0.25) is 4.79 Å². The lowest BCUT2D eigenvalue weighted by molar-refractivity contribution is -0.133. The number of hydrogen-bond acceptors (Lipinski definition) is 1. The summed E-state index contributed by atoms with van der Waals surface area (Å²) in [5.41, 5.74) is 0. The molecule has 2 atom stereocenters. The number of amides is 1. The molecule has 2 nitrogen and oxygen atoms in total. The van der Waals surface area contributed by atoms with Crippen LogP contribution in [0.1, 0.15) is 47.5 Å². The Balaban J connectivity index is 4.16. The van der Waals surface area contributed by atoms with Gasteiger partial charge in [-0.2, -0.15) is 0 Å². The monoisotopic (exact) mass is 199 g/mol. The Hall–Kier alpha value is -0.530. The summed E-state index contributed by atoms with van der Waals surface area (Å²) in [7, 11) is 1.92. The van der Waals surface area contributed by atoms with Gasteiger partial charge in [0.1, 0.15) is 0 Å². The van der Waals surface area contributed by atoms with Crippen LogP contribution in [-0.4, -0.2) is 23.9 Å². The van der Waals surface area contributed by atoms with E-state index < -0.39 is 0 Å². The summed E-state index contributed by atoms with van der Waals surface area (Å²) >= 11 is 0. The number of rotatable bonds is 5. The maximum Gasteiger partial charge on any atom is 0.222 e. The number of carbonyl (C=O) groups is 1. The van der Waals surface area contributed by atoms with Gasteiger partial charge in [0, 0.05) is 19.5 Å². The van der Waals surface area contributed by atoms with Crippen LogP contribution < -0.4 is 0 Å². The molecule has 0 aromatic heterocycles. The van der Waals surface area contributed by atoms with Crippen molar-refractivity contribution in [2.45, 2.75) is 53.5 Å². The fourth-order valence-corrected chi connectivity index (χ4v) is 1.44. The quantitative estimate of drug-likeness (QED) is 0.666. The van der Waals surface area contributed by atoms with Crippen LogP contribution >= 0.6 is 0 Å². The Bertz CT molecular complexity index is 177. The smallest absolute Gasteiger partial charge is 0.222 e. The van der Waals surface area contributed by atoms with Crippen molar-refractivity contribution in [3.63, 3.8) is 0 Å². The van der Waals surface area contributed by atoms with Crippen molar-refractivity contribution in [3.05, 3.63) is 0 Å². The van der Waals surface area contributed by atoms with Crippen molar-refractivity contribution >= 4 is 5.91 Å². The Kier molecular flexibility index (Phi) is 5.82. The molecular weight excluding hydrogens is 174 g/mol. The van der Waals surface area contributed by atoms with Crippen LogP contribution in [-0.2, 0) is 4.79 Å². The van der Waals surface area contributed by atoms with Crippen LogP contribution in [0.2, 0.25) is 0 Å². The molecule has 0 spiro atoms. The molecule has 0 aliphatic heterocycles. The third kappa shape index (κ3) is 4.12. The van der Waals surface area contributed by atoms with Crippen molar-refractivity contribution in [1.29, 1.82) is 0 Å². The molecule has 0 N–H and O–H groups in total. The van der Waals surface area contributed by atoms with E-state index in [9.17, 15) is 4.79 Å². The van der Waals surface area contributed by atoms with Gasteiger partial charge >= 0.3 is 0 Å². The summed E-state index contributed by atoms with van der Waals surface area (Å²) < 4.78 is 0. The van der Waals surface area contributed by atoms with Crippen LogP contribution in [0.3, 0.4) is 0 Å². The van der Waals surface area contributed by atoms with E-state index in [2.05, 4.69) is 34.6 Å².